The predicted octanol–water partition coefficient (Wildman–Crippen LogP) is 5.06. The van der Waals surface area contributed by atoms with Gasteiger partial charge in [0.2, 0.25) is 5.95 Å². The summed E-state index contributed by atoms with van der Waals surface area (Å²) in [6.07, 6.45) is -2.66. The van der Waals surface area contributed by atoms with Crippen LogP contribution in [-0.4, -0.2) is 23.7 Å². The zero-order valence-corrected chi connectivity index (χ0v) is 15.2. The van der Waals surface area contributed by atoms with Crippen molar-refractivity contribution in [3.05, 3.63) is 40.7 Å². The van der Waals surface area contributed by atoms with Crippen LogP contribution < -0.4 is 10.1 Å². The maximum Gasteiger partial charge on any atom is 0.420 e. The van der Waals surface area contributed by atoms with Gasteiger partial charge in [-0.1, -0.05) is 17.7 Å². The van der Waals surface area contributed by atoms with Gasteiger partial charge in [0.1, 0.15) is 16.5 Å². The zero-order chi connectivity index (χ0) is 19.2. The minimum atomic E-state index is -4.62. The third kappa shape index (κ3) is 5.52. The molecule has 0 bridgehead atoms. The van der Waals surface area contributed by atoms with Crippen LogP contribution in [0.25, 0.3) is 0 Å². The molecule has 0 atom stereocenters. The van der Waals surface area contributed by atoms with Gasteiger partial charge in [-0.25, -0.2) is 14.5 Å². The van der Waals surface area contributed by atoms with Crippen LogP contribution >= 0.6 is 20.3 Å². The number of hydrogen-bond acceptors (Lipinski definition) is 6. The molecular formula is C15H14ClF3N3O3P. The lowest BCUT2D eigenvalue weighted by molar-refractivity contribution is -0.137. The Labute approximate surface area is 154 Å². The molecule has 0 unspecified atom stereocenters. The summed E-state index contributed by atoms with van der Waals surface area (Å²) in [5.41, 5.74) is 0.318. The van der Waals surface area contributed by atoms with Gasteiger partial charge in [0.25, 0.3) is 0 Å². The summed E-state index contributed by atoms with van der Waals surface area (Å²) in [7, 11) is 1.11. The molecule has 6 nitrogen and oxygen atoms in total. The van der Waals surface area contributed by atoms with E-state index in [1.165, 1.54) is 7.11 Å². The molecule has 0 saturated heterocycles. The highest BCUT2D eigenvalue weighted by atomic mass is 35.5. The SMILES string of the molecule is COc1cc(CCCOP=O)ccc1Nc1ncc(C(F)(F)F)c(Cl)n1. The topological polar surface area (TPSA) is 73.3 Å². The Kier molecular flexibility index (Phi) is 7.14. The number of methoxy groups -OCH3 is 1. The first-order valence-electron chi connectivity index (χ1n) is 7.33. The Balaban J connectivity index is 2.13. The molecule has 0 aliphatic rings. The van der Waals surface area contributed by atoms with Gasteiger partial charge in [-0.2, -0.15) is 13.2 Å². The quantitative estimate of drug-likeness (QED) is 0.375. The van der Waals surface area contributed by atoms with Crippen molar-refractivity contribution < 1.29 is 27.0 Å². The summed E-state index contributed by atoms with van der Waals surface area (Å²) in [6.45, 7) is 0.352. The number of benzene rings is 1. The molecule has 1 heterocycles. The fourth-order valence-electron chi connectivity index (χ4n) is 2.10. The molecule has 2 aromatic rings. The van der Waals surface area contributed by atoms with E-state index in [-0.39, 0.29) is 14.6 Å². The van der Waals surface area contributed by atoms with Gasteiger partial charge < -0.3 is 10.1 Å². The van der Waals surface area contributed by atoms with Crippen molar-refractivity contribution in [1.82, 2.24) is 9.97 Å². The summed E-state index contributed by atoms with van der Waals surface area (Å²) in [5.74, 6) is 0.377. The lowest BCUT2D eigenvalue weighted by atomic mass is 10.1. The van der Waals surface area contributed by atoms with Gasteiger partial charge in [-0.3, -0.25) is 4.52 Å². The molecule has 26 heavy (non-hydrogen) atoms. The Morgan fingerprint density at radius 2 is 2.12 bits per heavy atom. The normalized spacial score (nSPS) is 11.6. The number of ether oxygens (including phenoxy) is 1. The van der Waals surface area contributed by atoms with Crippen LogP contribution in [0.5, 0.6) is 5.75 Å². The average molecular weight is 408 g/mol. The van der Waals surface area contributed by atoms with Crippen LogP contribution in [0.3, 0.4) is 0 Å². The van der Waals surface area contributed by atoms with Crippen molar-refractivity contribution in [1.29, 1.82) is 0 Å². The fraction of sp³-hybridized carbons (Fsp3) is 0.333. The number of halogens is 4. The second kappa shape index (κ2) is 9.12. The molecule has 0 radical (unpaired) electrons. The van der Waals surface area contributed by atoms with Crippen molar-refractivity contribution in [2.24, 2.45) is 0 Å². The highest BCUT2D eigenvalue weighted by molar-refractivity contribution is 7.17. The van der Waals surface area contributed by atoms with Crippen LogP contribution in [-0.2, 0) is 21.7 Å². The standard InChI is InChI=1S/C15H14ClF3N3O3P/c1-24-12-7-9(3-2-6-25-26-23)4-5-11(12)21-14-20-8-10(13(16)22-14)15(17,18)19/h4-5,7-8H,2-3,6H2,1H3,(H,20,21,22). The first-order valence-corrected chi connectivity index (χ1v) is 8.44. The Morgan fingerprint density at radius 1 is 1.35 bits per heavy atom. The molecule has 11 heteroatoms. The maximum absolute atomic E-state index is 12.7. The number of anilines is 2. The van der Waals surface area contributed by atoms with Crippen LogP contribution in [0.15, 0.2) is 24.4 Å². The molecule has 0 aliphatic heterocycles. The van der Waals surface area contributed by atoms with Crippen LogP contribution in [0, 0.1) is 0 Å². The lowest BCUT2D eigenvalue weighted by Gasteiger charge is -2.13. The predicted molar refractivity (Wildman–Crippen MR) is 90.2 cm³/mol. The van der Waals surface area contributed by atoms with Gasteiger partial charge in [0.05, 0.1) is 19.4 Å². The summed E-state index contributed by atoms with van der Waals surface area (Å²) in [6, 6.07) is 5.27. The van der Waals surface area contributed by atoms with Gasteiger partial charge in [-0.15, -0.1) is 0 Å². The Morgan fingerprint density at radius 3 is 2.73 bits per heavy atom. The van der Waals surface area contributed by atoms with Gasteiger partial charge in [-0.05, 0) is 30.5 Å². The smallest absolute Gasteiger partial charge is 0.420 e. The molecule has 0 amide bonds. The molecule has 0 spiro atoms. The van der Waals surface area contributed by atoms with Crippen molar-refractivity contribution in [3.63, 3.8) is 0 Å². The lowest BCUT2D eigenvalue weighted by Crippen LogP contribution is -2.09. The highest BCUT2D eigenvalue weighted by Gasteiger charge is 2.34. The van der Waals surface area contributed by atoms with Crippen molar-refractivity contribution in [2.45, 2.75) is 19.0 Å². The van der Waals surface area contributed by atoms with Crippen molar-refractivity contribution in [2.75, 3.05) is 19.0 Å². The van der Waals surface area contributed by atoms with Crippen molar-refractivity contribution in [3.8, 4) is 5.75 Å². The summed E-state index contributed by atoms with van der Waals surface area (Å²) in [4.78, 5) is 7.26. The molecule has 1 aromatic heterocycles. The van der Waals surface area contributed by atoms with E-state index in [2.05, 4.69) is 15.3 Å². The number of aromatic nitrogens is 2. The molecule has 1 N–H and O–H groups in total. The minimum absolute atomic E-state index is 0.0862. The fourth-order valence-corrected chi connectivity index (χ4v) is 2.54. The van der Waals surface area contributed by atoms with Crippen LogP contribution in [0.2, 0.25) is 5.15 Å². The van der Waals surface area contributed by atoms with E-state index in [1.807, 2.05) is 6.07 Å². The van der Waals surface area contributed by atoms with Gasteiger partial charge in [0.15, 0.2) is 0 Å². The molecule has 0 saturated carbocycles. The van der Waals surface area contributed by atoms with Gasteiger partial charge in [0, 0.05) is 6.20 Å². The van der Waals surface area contributed by atoms with Gasteiger partial charge >= 0.3 is 14.9 Å². The van der Waals surface area contributed by atoms with E-state index >= 15 is 0 Å². The summed E-state index contributed by atoms with van der Waals surface area (Å²) in [5, 5.41) is 2.09. The number of alkyl halides is 3. The maximum atomic E-state index is 12.7. The molecule has 0 fully saturated rings. The summed E-state index contributed by atoms with van der Waals surface area (Å²) < 4.78 is 58.3. The monoisotopic (exact) mass is 407 g/mol. The zero-order valence-electron chi connectivity index (χ0n) is 13.5. The van der Waals surface area contributed by atoms with E-state index in [1.54, 1.807) is 12.1 Å². The molecule has 0 aliphatic carbocycles. The van der Waals surface area contributed by atoms with E-state index in [0.717, 1.165) is 5.56 Å². The number of rotatable bonds is 8. The number of nitrogens with one attached hydrogen (secondary N) is 1. The second-order valence-corrected chi connectivity index (χ2v) is 5.83. The number of aryl methyl sites for hydroxylation is 1. The molecule has 1 aromatic carbocycles. The first-order chi connectivity index (χ1) is 12.3. The third-order valence-corrected chi connectivity index (χ3v) is 3.89. The van der Waals surface area contributed by atoms with E-state index < -0.39 is 16.9 Å². The highest BCUT2D eigenvalue weighted by Crippen LogP contribution is 2.34. The number of nitrogens with zero attached hydrogens (tertiary/aromatic N) is 2. The van der Waals surface area contributed by atoms with E-state index in [9.17, 15) is 17.7 Å². The second-order valence-electron chi connectivity index (χ2n) is 5.07. The number of hydrogen-bond donors (Lipinski definition) is 1. The largest absolute Gasteiger partial charge is 0.495 e. The first kappa shape index (κ1) is 20.4. The van der Waals surface area contributed by atoms with Crippen LogP contribution in [0.1, 0.15) is 17.5 Å². The summed E-state index contributed by atoms with van der Waals surface area (Å²) >= 11 is 5.59. The van der Waals surface area contributed by atoms with Crippen LogP contribution in [0.4, 0.5) is 24.8 Å². The van der Waals surface area contributed by atoms with Crippen molar-refractivity contribution >= 4 is 31.9 Å². The Hall–Kier alpha value is -1.96. The third-order valence-electron chi connectivity index (χ3n) is 3.31. The molecule has 140 valence electrons. The molecule has 2 rings (SSSR count). The van der Waals surface area contributed by atoms with E-state index in [0.29, 0.717) is 37.1 Å². The average Bonchev–Trinajstić information content (AvgIpc) is 2.58. The van der Waals surface area contributed by atoms with E-state index in [4.69, 9.17) is 20.9 Å². The Bertz CT molecular complexity index is 778. The molecular weight excluding hydrogens is 394 g/mol. The minimum Gasteiger partial charge on any atom is -0.495 e.